The van der Waals surface area contributed by atoms with Gasteiger partial charge in [-0.15, -0.1) is 0 Å². The molecule has 5 nitrogen and oxygen atoms in total. The number of hydrogen-bond acceptors (Lipinski definition) is 3. The zero-order chi connectivity index (χ0) is 16.3. The molecular weight excluding hydrogens is 282 g/mol. The van der Waals surface area contributed by atoms with Gasteiger partial charge in [-0.2, -0.15) is 0 Å². The summed E-state index contributed by atoms with van der Waals surface area (Å²) in [6.07, 6.45) is 0. The monoisotopic (exact) mass is 301 g/mol. The van der Waals surface area contributed by atoms with Crippen LogP contribution in [0.3, 0.4) is 0 Å². The molecule has 0 aliphatic carbocycles. The zero-order valence-electron chi connectivity index (χ0n) is 12.8. The Morgan fingerprint density at radius 2 is 1.64 bits per heavy atom. The largest absolute Gasteiger partial charge is 0.475 e. The van der Waals surface area contributed by atoms with E-state index in [1.807, 2.05) is 51.1 Å². The minimum absolute atomic E-state index is 0.0115. The summed E-state index contributed by atoms with van der Waals surface area (Å²) < 4.78 is 5.04. The van der Waals surface area contributed by atoms with E-state index in [0.717, 1.165) is 5.56 Å². The molecule has 0 spiro atoms. The Labute approximate surface area is 129 Å². The quantitative estimate of drug-likeness (QED) is 0.906. The number of aromatic carboxylic acids is 1. The molecule has 1 heterocycles. The highest BCUT2D eigenvalue weighted by Crippen LogP contribution is 2.32. The smallest absolute Gasteiger partial charge is 0.371 e. The molecule has 0 saturated heterocycles. The zero-order valence-corrected chi connectivity index (χ0v) is 12.8. The number of carbonyl (C=O) groups excluding carboxylic acids is 1. The Bertz CT molecular complexity index is 667. The van der Waals surface area contributed by atoms with Crippen molar-refractivity contribution in [1.82, 2.24) is 5.32 Å². The molecule has 0 saturated carbocycles. The van der Waals surface area contributed by atoms with Crippen molar-refractivity contribution in [2.24, 2.45) is 5.41 Å². The van der Waals surface area contributed by atoms with E-state index in [4.69, 9.17) is 9.52 Å². The molecule has 0 aliphatic heterocycles. The lowest BCUT2D eigenvalue weighted by Gasteiger charge is -2.31. The van der Waals surface area contributed by atoms with Crippen molar-refractivity contribution in [2.45, 2.75) is 26.8 Å². The van der Waals surface area contributed by atoms with Gasteiger partial charge in [-0.25, -0.2) is 4.79 Å². The van der Waals surface area contributed by atoms with Crippen molar-refractivity contribution in [2.75, 3.05) is 0 Å². The van der Waals surface area contributed by atoms with E-state index >= 15 is 0 Å². The summed E-state index contributed by atoms with van der Waals surface area (Å²) in [4.78, 5) is 23.1. The number of carboxylic acids is 1. The van der Waals surface area contributed by atoms with Crippen LogP contribution in [0.15, 0.2) is 46.9 Å². The fourth-order valence-corrected chi connectivity index (χ4v) is 2.22. The predicted molar refractivity (Wildman–Crippen MR) is 81.8 cm³/mol. The lowest BCUT2D eigenvalue weighted by atomic mass is 9.82. The van der Waals surface area contributed by atoms with Crippen molar-refractivity contribution in [3.8, 4) is 0 Å². The number of benzene rings is 1. The van der Waals surface area contributed by atoms with Gasteiger partial charge in [-0.05, 0) is 23.1 Å². The molecule has 5 heteroatoms. The van der Waals surface area contributed by atoms with Crippen LogP contribution in [0.25, 0.3) is 0 Å². The first-order chi connectivity index (χ1) is 10.3. The Morgan fingerprint density at radius 3 is 2.14 bits per heavy atom. The van der Waals surface area contributed by atoms with E-state index in [9.17, 15) is 9.59 Å². The van der Waals surface area contributed by atoms with Crippen molar-refractivity contribution in [3.05, 3.63) is 59.5 Å². The van der Waals surface area contributed by atoms with Gasteiger partial charge in [0.2, 0.25) is 5.76 Å². The van der Waals surface area contributed by atoms with Gasteiger partial charge in [0, 0.05) is 0 Å². The van der Waals surface area contributed by atoms with E-state index in [-0.39, 0.29) is 23.0 Å². The second kappa shape index (κ2) is 6.05. The van der Waals surface area contributed by atoms with E-state index < -0.39 is 11.9 Å². The van der Waals surface area contributed by atoms with Gasteiger partial charge in [-0.3, -0.25) is 4.79 Å². The minimum Gasteiger partial charge on any atom is -0.475 e. The van der Waals surface area contributed by atoms with Crippen LogP contribution in [-0.4, -0.2) is 17.0 Å². The molecule has 1 aromatic carbocycles. The van der Waals surface area contributed by atoms with Gasteiger partial charge in [0.05, 0.1) is 6.04 Å². The Kier molecular flexibility index (Phi) is 4.35. The number of nitrogens with one attached hydrogen (secondary N) is 1. The number of amides is 1. The van der Waals surface area contributed by atoms with Gasteiger partial charge < -0.3 is 14.8 Å². The van der Waals surface area contributed by atoms with Gasteiger partial charge in [0.1, 0.15) is 0 Å². The average molecular weight is 301 g/mol. The molecule has 22 heavy (non-hydrogen) atoms. The number of rotatable bonds is 4. The molecule has 1 aromatic heterocycles. The highest BCUT2D eigenvalue weighted by Gasteiger charge is 2.29. The molecule has 116 valence electrons. The summed E-state index contributed by atoms with van der Waals surface area (Å²) in [5.74, 6) is -1.90. The molecule has 1 atom stereocenters. The number of carboxylic acid groups (broad SMARTS) is 1. The van der Waals surface area contributed by atoms with E-state index in [2.05, 4.69) is 5.32 Å². The fourth-order valence-electron chi connectivity index (χ4n) is 2.22. The molecule has 2 aromatic rings. The molecule has 0 bridgehead atoms. The predicted octanol–water partition coefficient (Wildman–Crippen LogP) is 3.50. The maximum atomic E-state index is 12.3. The third kappa shape index (κ3) is 3.55. The minimum atomic E-state index is -1.20. The first-order valence-corrected chi connectivity index (χ1v) is 6.98. The molecule has 1 unspecified atom stereocenters. The second-order valence-electron chi connectivity index (χ2n) is 6.15. The van der Waals surface area contributed by atoms with Crippen molar-refractivity contribution < 1.29 is 19.1 Å². The second-order valence-corrected chi connectivity index (χ2v) is 6.15. The standard InChI is InChI=1S/C17H19NO4/c1-17(2,3)14(11-7-5-4-6-8-11)18-15(19)12-9-10-13(22-12)16(20)21/h4-10,14H,1-3H3,(H,18,19)(H,20,21). The van der Waals surface area contributed by atoms with Gasteiger partial charge in [0.25, 0.3) is 5.91 Å². The van der Waals surface area contributed by atoms with Gasteiger partial charge >= 0.3 is 5.97 Å². The van der Waals surface area contributed by atoms with Crippen LogP contribution in [0.2, 0.25) is 0 Å². The van der Waals surface area contributed by atoms with Crippen LogP contribution < -0.4 is 5.32 Å². The van der Waals surface area contributed by atoms with Crippen LogP contribution in [0.5, 0.6) is 0 Å². The van der Waals surface area contributed by atoms with E-state index in [0.29, 0.717) is 0 Å². The highest BCUT2D eigenvalue weighted by molar-refractivity contribution is 5.93. The molecule has 0 aliphatic rings. The SMILES string of the molecule is CC(C)(C)C(NC(=O)c1ccc(C(=O)O)o1)c1ccccc1. The van der Waals surface area contributed by atoms with Crippen LogP contribution in [0, 0.1) is 5.41 Å². The number of hydrogen-bond donors (Lipinski definition) is 2. The normalized spacial score (nSPS) is 12.7. The first kappa shape index (κ1) is 15.8. The van der Waals surface area contributed by atoms with Crippen LogP contribution in [0.1, 0.15) is 53.5 Å². The Hall–Kier alpha value is -2.56. The van der Waals surface area contributed by atoms with Crippen molar-refractivity contribution >= 4 is 11.9 Å². The number of furan rings is 1. The lowest BCUT2D eigenvalue weighted by Crippen LogP contribution is -2.36. The summed E-state index contributed by atoms with van der Waals surface area (Å²) in [6, 6.07) is 12.0. The Balaban J connectivity index is 2.23. The topological polar surface area (TPSA) is 79.5 Å². The summed E-state index contributed by atoms with van der Waals surface area (Å²) in [7, 11) is 0. The third-order valence-corrected chi connectivity index (χ3v) is 3.31. The van der Waals surface area contributed by atoms with Crippen LogP contribution in [-0.2, 0) is 0 Å². The van der Waals surface area contributed by atoms with Crippen LogP contribution >= 0.6 is 0 Å². The first-order valence-electron chi connectivity index (χ1n) is 6.98. The summed E-state index contributed by atoms with van der Waals surface area (Å²) in [5.41, 5.74) is 0.771. The fraction of sp³-hybridized carbons (Fsp3) is 0.294. The average Bonchev–Trinajstić information content (AvgIpc) is 2.94. The van der Waals surface area contributed by atoms with E-state index in [1.54, 1.807) is 0 Å². The molecular formula is C17H19NO4. The van der Waals surface area contributed by atoms with Gasteiger partial charge in [-0.1, -0.05) is 51.1 Å². The molecule has 2 N–H and O–H groups in total. The summed E-state index contributed by atoms with van der Waals surface area (Å²) >= 11 is 0. The maximum absolute atomic E-state index is 12.3. The van der Waals surface area contributed by atoms with Crippen molar-refractivity contribution in [1.29, 1.82) is 0 Å². The summed E-state index contributed by atoms with van der Waals surface area (Å²) in [5, 5.41) is 11.8. The molecule has 0 radical (unpaired) electrons. The lowest BCUT2D eigenvalue weighted by molar-refractivity contribution is 0.0658. The molecule has 0 fully saturated rings. The molecule has 1 amide bonds. The van der Waals surface area contributed by atoms with Crippen molar-refractivity contribution in [3.63, 3.8) is 0 Å². The number of carbonyl (C=O) groups is 2. The van der Waals surface area contributed by atoms with Crippen LogP contribution in [0.4, 0.5) is 0 Å². The Morgan fingerprint density at radius 1 is 1.05 bits per heavy atom. The third-order valence-electron chi connectivity index (χ3n) is 3.31. The van der Waals surface area contributed by atoms with Gasteiger partial charge in [0.15, 0.2) is 5.76 Å². The molecule has 2 rings (SSSR count). The maximum Gasteiger partial charge on any atom is 0.371 e. The van der Waals surface area contributed by atoms with E-state index in [1.165, 1.54) is 12.1 Å². The summed E-state index contributed by atoms with van der Waals surface area (Å²) in [6.45, 7) is 6.07. The highest BCUT2D eigenvalue weighted by atomic mass is 16.4.